The quantitative estimate of drug-likeness (QED) is 0.480. The lowest BCUT2D eigenvalue weighted by Crippen LogP contribution is -2.21. The summed E-state index contributed by atoms with van der Waals surface area (Å²) < 4.78 is 0. The highest BCUT2D eigenvalue weighted by molar-refractivity contribution is 4.61. The molecule has 0 fully saturated rings. The lowest BCUT2D eigenvalue weighted by Gasteiger charge is -2.15. The van der Waals surface area contributed by atoms with Crippen molar-refractivity contribution < 1.29 is 4.84 Å². The van der Waals surface area contributed by atoms with E-state index in [1.165, 1.54) is 0 Å². The standard InChI is InChI=1S/C5H11NO/c1-4-5(2,3)7-6/h4H2,1-3H3. The minimum Gasteiger partial charge on any atom is -0.258 e. The maximum absolute atomic E-state index is 8.09. The Morgan fingerprint density at radius 2 is 2.00 bits per heavy atom. The van der Waals surface area contributed by atoms with E-state index in [4.69, 9.17) is 5.90 Å². The highest BCUT2D eigenvalue weighted by atomic mass is 16.6. The first kappa shape index (κ1) is 6.92. The minimum atomic E-state index is -0.361. The van der Waals surface area contributed by atoms with Crippen LogP contribution in [0, 0.1) is 0 Å². The predicted octanol–water partition coefficient (Wildman–Crippen LogP) is 1.18. The molecule has 2 nitrogen and oxygen atoms in total. The van der Waals surface area contributed by atoms with Gasteiger partial charge >= 0.3 is 0 Å². The van der Waals surface area contributed by atoms with Gasteiger partial charge in [0, 0.05) is 5.90 Å². The van der Waals surface area contributed by atoms with E-state index >= 15 is 0 Å². The van der Waals surface area contributed by atoms with Crippen molar-refractivity contribution in [3.05, 3.63) is 0 Å². The summed E-state index contributed by atoms with van der Waals surface area (Å²) in [4.78, 5) is 4.09. The Morgan fingerprint density at radius 1 is 1.57 bits per heavy atom. The fraction of sp³-hybridized carbons (Fsp3) is 1.00. The molecule has 0 rings (SSSR count). The molecule has 0 spiro atoms. The summed E-state index contributed by atoms with van der Waals surface area (Å²) in [5.74, 6) is 8.09. The maximum Gasteiger partial charge on any atom is 0.0876 e. The SMILES string of the molecule is CCC(C)(C)O[N]. The molecule has 2 radical (unpaired) electrons. The van der Waals surface area contributed by atoms with Gasteiger partial charge in [0.05, 0.1) is 5.60 Å². The third kappa shape index (κ3) is 2.60. The molecule has 0 heterocycles. The highest BCUT2D eigenvalue weighted by Gasteiger charge is 2.13. The molecule has 0 amide bonds. The van der Waals surface area contributed by atoms with Crippen molar-refractivity contribution in [1.82, 2.24) is 5.90 Å². The molecule has 2 heteroatoms. The molecule has 0 unspecified atom stereocenters. The van der Waals surface area contributed by atoms with Crippen molar-refractivity contribution >= 4 is 0 Å². The molecule has 42 valence electrons. The molecule has 0 aromatic rings. The molecule has 0 saturated carbocycles. The van der Waals surface area contributed by atoms with Gasteiger partial charge in [0.15, 0.2) is 0 Å². The molecule has 0 bridgehead atoms. The van der Waals surface area contributed by atoms with Crippen LogP contribution in [-0.4, -0.2) is 5.60 Å². The second-order valence-corrected chi connectivity index (χ2v) is 2.20. The monoisotopic (exact) mass is 101 g/mol. The van der Waals surface area contributed by atoms with E-state index in [9.17, 15) is 0 Å². The summed E-state index contributed by atoms with van der Waals surface area (Å²) in [6.07, 6.45) is 0.823. The van der Waals surface area contributed by atoms with Gasteiger partial charge in [-0.3, -0.25) is 4.84 Å². The van der Waals surface area contributed by atoms with Gasteiger partial charge in [0.1, 0.15) is 0 Å². The zero-order valence-electron chi connectivity index (χ0n) is 5.06. The smallest absolute Gasteiger partial charge is 0.0876 e. The minimum absolute atomic E-state index is 0.361. The molecule has 0 atom stereocenters. The molecular formula is C5H11NO. The molecule has 0 aromatic heterocycles. The Hall–Kier alpha value is -0.0800. The van der Waals surface area contributed by atoms with E-state index in [-0.39, 0.29) is 5.60 Å². The van der Waals surface area contributed by atoms with Crippen LogP contribution in [0.2, 0.25) is 0 Å². The van der Waals surface area contributed by atoms with Crippen LogP contribution in [0.5, 0.6) is 0 Å². The van der Waals surface area contributed by atoms with Crippen molar-refractivity contribution in [3.63, 3.8) is 0 Å². The van der Waals surface area contributed by atoms with Gasteiger partial charge in [0.2, 0.25) is 0 Å². The van der Waals surface area contributed by atoms with Crippen LogP contribution in [0.15, 0.2) is 0 Å². The summed E-state index contributed by atoms with van der Waals surface area (Å²) in [5.41, 5.74) is -0.361. The van der Waals surface area contributed by atoms with Crippen LogP contribution < -0.4 is 5.90 Å². The van der Waals surface area contributed by atoms with Gasteiger partial charge in [-0.05, 0) is 20.3 Å². The number of nitrogens with zero attached hydrogens (tertiary/aromatic N) is 1. The highest BCUT2D eigenvalue weighted by Crippen LogP contribution is 2.09. The van der Waals surface area contributed by atoms with Crippen molar-refractivity contribution in [2.75, 3.05) is 0 Å². The van der Waals surface area contributed by atoms with E-state index in [0.29, 0.717) is 0 Å². The number of hydrogen-bond acceptors (Lipinski definition) is 1. The van der Waals surface area contributed by atoms with E-state index in [2.05, 4.69) is 4.84 Å². The third-order valence-electron chi connectivity index (χ3n) is 1.10. The van der Waals surface area contributed by atoms with Crippen LogP contribution in [0.25, 0.3) is 0 Å². The first-order valence-corrected chi connectivity index (χ1v) is 2.45. The Labute approximate surface area is 44.6 Å². The van der Waals surface area contributed by atoms with Gasteiger partial charge in [-0.2, -0.15) is 0 Å². The van der Waals surface area contributed by atoms with Crippen LogP contribution in [0.3, 0.4) is 0 Å². The molecule has 0 saturated heterocycles. The van der Waals surface area contributed by atoms with Crippen molar-refractivity contribution in [2.24, 2.45) is 0 Å². The van der Waals surface area contributed by atoms with Gasteiger partial charge in [0.25, 0.3) is 0 Å². The summed E-state index contributed by atoms with van der Waals surface area (Å²) in [5, 5.41) is 0. The molecule has 7 heavy (non-hydrogen) atoms. The topological polar surface area (TPSA) is 31.5 Å². The van der Waals surface area contributed by atoms with E-state index in [1.807, 2.05) is 20.8 Å². The first-order chi connectivity index (χ1) is 3.12. The molecule has 0 aliphatic heterocycles. The van der Waals surface area contributed by atoms with Crippen molar-refractivity contribution in [1.29, 1.82) is 0 Å². The van der Waals surface area contributed by atoms with Crippen molar-refractivity contribution in [3.8, 4) is 0 Å². The lowest BCUT2D eigenvalue weighted by molar-refractivity contribution is -0.0354. The Morgan fingerprint density at radius 3 is 2.00 bits per heavy atom. The molecule has 0 aromatic carbocycles. The number of rotatable bonds is 2. The van der Waals surface area contributed by atoms with Gasteiger partial charge in [-0.15, -0.1) is 0 Å². The third-order valence-corrected chi connectivity index (χ3v) is 1.10. The normalized spacial score (nSPS) is 12.0. The Balaban J connectivity index is 3.36. The fourth-order valence-electron chi connectivity index (χ4n) is 0.0645. The average molecular weight is 101 g/mol. The fourth-order valence-corrected chi connectivity index (χ4v) is 0.0645. The molecular weight excluding hydrogens is 90.1 g/mol. The van der Waals surface area contributed by atoms with E-state index < -0.39 is 0 Å². The zero-order chi connectivity index (χ0) is 5.91. The lowest BCUT2D eigenvalue weighted by atomic mass is 10.1. The zero-order valence-corrected chi connectivity index (χ0v) is 5.06. The molecule has 0 aliphatic carbocycles. The van der Waals surface area contributed by atoms with Crippen molar-refractivity contribution in [2.45, 2.75) is 32.8 Å². The summed E-state index contributed by atoms with van der Waals surface area (Å²) >= 11 is 0. The number of hydrogen-bond donors (Lipinski definition) is 0. The molecule has 0 aliphatic rings. The second-order valence-electron chi connectivity index (χ2n) is 2.20. The summed E-state index contributed by atoms with van der Waals surface area (Å²) in [6, 6.07) is 0. The van der Waals surface area contributed by atoms with Crippen LogP contribution in [0.4, 0.5) is 0 Å². The van der Waals surface area contributed by atoms with Gasteiger partial charge in [-0.25, -0.2) is 0 Å². The van der Waals surface area contributed by atoms with Crippen LogP contribution in [0.1, 0.15) is 27.2 Å². The summed E-state index contributed by atoms with van der Waals surface area (Å²) in [6.45, 7) is 5.61. The Kier molecular flexibility index (Phi) is 2.26. The van der Waals surface area contributed by atoms with Crippen LogP contribution in [-0.2, 0) is 4.84 Å². The van der Waals surface area contributed by atoms with Gasteiger partial charge < -0.3 is 0 Å². The average Bonchev–Trinajstić information content (AvgIpc) is 1.68. The van der Waals surface area contributed by atoms with E-state index in [1.54, 1.807) is 0 Å². The molecule has 0 N–H and O–H groups in total. The van der Waals surface area contributed by atoms with E-state index in [0.717, 1.165) is 6.42 Å². The summed E-state index contributed by atoms with van der Waals surface area (Å²) in [7, 11) is 0. The Bertz CT molecular complexity index is 46.0. The maximum atomic E-state index is 8.09. The second kappa shape index (κ2) is 2.28. The largest absolute Gasteiger partial charge is 0.258 e. The predicted molar refractivity (Wildman–Crippen MR) is 27.6 cm³/mol. The first-order valence-electron chi connectivity index (χ1n) is 2.45. The van der Waals surface area contributed by atoms with Crippen LogP contribution >= 0.6 is 0 Å². The van der Waals surface area contributed by atoms with Gasteiger partial charge in [-0.1, -0.05) is 6.92 Å².